The van der Waals surface area contributed by atoms with Gasteiger partial charge in [0.25, 0.3) is 0 Å². The van der Waals surface area contributed by atoms with Crippen LogP contribution in [0.1, 0.15) is 0 Å². The number of hydrogen-bond acceptors (Lipinski definition) is 1. The largest absolute Gasteiger partial charge is 0.354 e. The topological polar surface area (TPSA) is 28.7 Å². The maximum Gasteiger partial charge on any atom is 0.0723 e. The zero-order valence-electron chi connectivity index (χ0n) is 12.4. The van der Waals surface area contributed by atoms with Crippen LogP contribution in [0.15, 0.2) is 79.0 Å². The number of hydrogen-bond donors (Lipinski definition) is 1. The fourth-order valence-electron chi connectivity index (χ4n) is 2.87. The summed E-state index contributed by atoms with van der Waals surface area (Å²) in [5, 5.41) is 3.72. The van der Waals surface area contributed by atoms with E-state index in [0.717, 1.165) is 5.52 Å². The van der Waals surface area contributed by atoms with E-state index in [4.69, 9.17) is 0 Å². The normalized spacial score (nSPS) is 13.8. The van der Waals surface area contributed by atoms with E-state index in [1.54, 1.807) is 0 Å². The second kappa shape index (κ2) is 6.10. The number of benzene rings is 2. The van der Waals surface area contributed by atoms with Crippen molar-refractivity contribution in [1.29, 1.82) is 0 Å². The first kappa shape index (κ1) is 14.4. The smallest absolute Gasteiger partial charge is 0.0723 e. The Morgan fingerprint density at radius 2 is 1.61 bits per heavy atom. The first-order valence-electron chi connectivity index (χ1n) is 7.55. The van der Waals surface area contributed by atoms with Crippen molar-refractivity contribution in [2.75, 3.05) is 0 Å². The summed E-state index contributed by atoms with van der Waals surface area (Å²) in [5.74, 6) is 0. The monoisotopic (exact) mass is 385 g/mol. The molecule has 23 heavy (non-hydrogen) atoms. The van der Waals surface area contributed by atoms with Crippen molar-refractivity contribution in [3.63, 3.8) is 0 Å². The Balaban J connectivity index is 0.000000192. The zero-order chi connectivity index (χ0) is 15.6. The Morgan fingerprint density at radius 1 is 0.826 bits per heavy atom. The number of aromatic amines is 1. The number of aromatic nitrogens is 2. The molecule has 2 nitrogen and oxygen atoms in total. The minimum absolute atomic E-state index is 0.615. The molecule has 113 valence electrons. The molecule has 1 aliphatic rings. The van der Waals surface area contributed by atoms with Gasteiger partial charge in [0.15, 0.2) is 0 Å². The summed E-state index contributed by atoms with van der Waals surface area (Å²) in [6, 6.07) is 16.7. The van der Waals surface area contributed by atoms with Crippen LogP contribution in [0, 0.1) is 0 Å². The number of fused-ring (bicyclic) bond motifs is 5. The first-order valence-corrected chi connectivity index (χ1v) is 8.55. The molecule has 2 heterocycles. The summed E-state index contributed by atoms with van der Waals surface area (Å²) in [5.41, 5.74) is 3.39. The second-order valence-electron chi connectivity index (χ2n) is 5.43. The van der Waals surface area contributed by atoms with Gasteiger partial charge in [0.2, 0.25) is 0 Å². The van der Waals surface area contributed by atoms with E-state index < -0.39 is 0 Å². The quantitative estimate of drug-likeness (QED) is 0.409. The molecule has 0 aliphatic heterocycles. The van der Waals surface area contributed by atoms with Gasteiger partial charge in [-0.1, -0.05) is 24.3 Å². The summed E-state index contributed by atoms with van der Waals surface area (Å²) in [6.07, 6.45) is 10.2. The van der Waals surface area contributed by atoms with Crippen molar-refractivity contribution < 1.29 is 18.3 Å². The summed E-state index contributed by atoms with van der Waals surface area (Å²) in [7, 11) is 0. The molecule has 2 aromatic heterocycles. The number of nitrogens with zero attached hydrogens (tertiary/aromatic N) is 1. The number of H-pyrrole nitrogens is 1. The fourth-order valence-corrected chi connectivity index (χ4v) is 3.26. The van der Waals surface area contributed by atoms with Crippen LogP contribution in [-0.4, -0.2) is 9.97 Å². The van der Waals surface area contributed by atoms with Crippen molar-refractivity contribution >= 4 is 32.7 Å². The molecule has 0 saturated carbocycles. The standard InChI is InChI=1S/C15H10N2.C5H5.Ru/c1-2-6-14-10(4-1)11-7-8-13-12(15(11)17-14)5-3-9-16-13;1-2-4-5-3-1;/h1-9,17H;1-5H;. The van der Waals surface area contributed by atoms with E-state index in [-0.39, 0.29) is 0 Å². The summed E-state index contributed by atoms with van der Waals surface area (Å²) in [6.45, 7) is 0. The summed E-state index contributed by atoms with van der Waals surface area (Å²) < 4.78 is 0.615. The van der Waals surface area contributed by atoms with E-state index in [2.05, 4.69) is 95.0 Å². The first-order chi connectivity index (χ1) is 11.3. The Hall–Kier alpha value is -2.25. The van der Waals surface area contributed by atoms with Crippen LogP contribution >= 0.6 is 0 Å². The number of pyridine rings is 1. The molecule has 0 spiro atoms. The van der Waals surface area contributed by atoms with Gasteiger partial charge in [-0.25, -0.2) is 0 Å². The third-order valence-electron chi connectivity index (χ3n) is 3.95. The van der Waals surface area contributed by atoms with Gasteiger partial charge in [-0.2, -0.15) is 0 Å². The minimum Gasteiger partial charge on any atom is -0.354 e. The second-order valence-corrected chi connectivity index (χ2v) is 6.59. The van der Waals surface area contributed by atoms with Crippen LogP contribution in [0.5, 0.6) is 0 Å². The molecule has 4 aromatic rings. The van der Waals surface area contributed by atoms with Crippen LogP contribution in [0.2, 0.25) is 4.51 Å². The van der Waals surface area contributed by atoms with Crippen molar-refractivity contribution in [2.45, 2.75) is 4.51 Å². The number of para-hydroxylation sites is 1. The van der Waals surface area contributed by atoms with E-state index in [9.17, 15) is 0 Å². The fraction of sp³-hybridized carbons (Fsp3) is 0.0500. The summed E-state index contributed by atoms with van der Waals surface area (Å²) >= 11 is 2.61. The van der Waals surface area contributed by atoms with E-state index in [1.807, 2.05) is 12.3 Å². The average Bonchev–Trinajstić information content (AvgIpc) is 3.22. The van der Waals surface area contributed by atoms with Crippen LogP contribution in [0.25, 0.3) is 32.7 Å². The molecule has 5 rings (SSSR count). The molecular weight excluding hydrogens is 369 g/mol. The molecule has 1 N–H and O–H groups in total. The van der Waals surface area contributed by atoms with Gasteiger partial charge >= 0.3 is 47.1 Å². The summed E-state index contributed by atoms with van der Waals surface area (Å²) in [4.78, 5) is 7.86. The van der Waals surface area contributed by atoms with Gasteiger partial charge < -0.3 is 4.98 Å². The van der Waals surface area contributed by atoms with Gasteiger partial charge in [-0.3, -0.25) is 4.98 Å². The van der Waals surface area contributed by atoms with Gasteiger partial charge in [-0.15, -0.1) is 0 Å². The molecule has 0 radical (unpaired) electrons. The van der Waals surface area contributed by atoms with Crippen LogP contribution in [0.4, 0.5) is 0 Å². The van der Waals surface area contributed by atoms with Crippen molar-refractivity contribution in [2.24, 2.45) is 0 Å². The predicted molar refractivity (Wildman–Crippen MR) is 93.1 cm³/mol. The van der Waals surface area contributed by atoms with Crippen LogP contribution < -0.4 is 0 Å². The Morgan fingerprint density at radius 3 is 2.39 bits per heavy atom. The molecule has 0 amide bonds. The molecule has 0 saturated heterocycles. The van der Waals surface area contributed by atoms with Crippen molar-refractivity contribution in [3.05, 3.63) is 79.0 Å². The van der Waals surface area contributed by atoms with E-state index in [1.165, 1.54) is 27.2 Å². The molecule has 1 aliphatic carbocycles. The van der Waals surface area contributed by atoms with E-state index >= 15 is 0 Å². The maximum absolute atomic E-state index is 4.38. The molecule has 0 atom stereocenters. The molecule has 0 unspecified atom stereocenters. The van der Waals surface area contributed by atoms with Crippen LogP contribution in [0.3, 0.4) is 0 Å². The number of rotatable bonds is 0. The number of allylic oxidation sites excluding steroid dienone is 4. The van der Waals surface area contributed by atoms with Crippen LogP contribution in [-0.2, 0) is 18.3 Å². The molecule has 0 bridgehead atoms. The Kier molecular flexibility index (Phi) is 3.81. The Labute approximate surface area is 144 Å². The van der Waals surface area contributed by atoms with Gasteiger partial charge in [0.05, 0.1) is 11.0 Å². The molecule has 2 aromatic carbocycles. The minimum atomic E-state index is 0.615. The van der Waals surface area contributed by atoms with Crippen molar-refractivity contribution in [1.82, 2.24) is 9.97 Å². The average molecular weight is 384 g/mol. The third kappa shape index (κ3) is 2.73. The number of nitrogens with one attached hydrogen (secondary N) is 1. The van der Waals surface area contributed by atoms with Crippen molar-refractivity contribution in [3.8, 4) is 0 Å². The zero-order valence-corrected chi connectivity index (χ0v) is 14.1. The van der Waals surface area contributed by atoms with E-state index in [0.29, 0.717) is 4.51 Å². The predicted octanol–water partition coefficient (Wildman–Crippen LogP) is 5.32. The van der Waals surface area contributed by atoms with Gasteiger partial charge in [0, 0.05) is 27.9 Å². The Bertz CT molecular complexity index is 1030. The molecular formula is C20H15N2Ru. The third-order valence-corrected chi connectivity index (χ3v) is 4.62. The SMILES string of the molecule is [Ru][CH]1C=CC=C1.c1ccc2c(c1)[nH]c1c3cccnc3ccc21. The molecule has 0 fully saturated rings. The van der Waals surface area contributed by atoms with Gasteiger partial charge in [-0.05, 0) is 24.3 Å². The molecule has 3 heteroatoms. The van der Waals surface area contributed by atoms with Gasteiger partial charge in [0.1, 0.15) is 0 Å². The maximum atomic E-state index is 4.38.